The van der Waals surface area contributed by atoms with Crippen molar-refractivity contribution in [3.8, 4) is 0 Å². The van der Waals surface area contributed by atoms with Crippen molar-refractivity contribution in [2.75, 3.05) is 45.6 Å². The molecule has 1 N–H and O–H groups in total. The molecular weight excluding hydrogens is 300 g/mol. The summed E-state index contributed by atoms with van der Waals surface area (Å²) in [6.45, 7) is 4.81. The van der Waals surface area contributed by atoms with Crippen LogP contribution in [0.15, 0.2) is 30.3 Å². The quantitative estimate of drug-likeness (QED) is 0.838. The molecule has 2 heterocycles. The summed E-state index contributed by atoms with van der Waals surface area (Å²) in [5.41, 5.74) is 1.29. The Morgan fingerprint density at radius 2 is 2.14 bits per heavy atom. The van der Waals surface area contributed by atoms with Crippen molar-refractivity contribution in [3.63, 3.8) is 0 Å². The Kier molecular flexibility index (Phi) is 4.54. The first kappa shape index (κ1) is 15.9. The molecule has 2 fully saturated rings. The standard InChI is InChI=1S/C16H24N2O3S/c1-22(19,20)17-11-16-12-18(9-15(16)10-21-13-16)8-7-14-5-3-2-4-6-14/h2-6,15,17H,7-13H2,1H3/t15-,16+/m0/s1. The first-order valence-electron chi connectivity index (χ1n) is 7.76. The van der Waals surface area contributed by atoms with E-state index in [9.17, 15) is 8.42 Å². The van der Waals surface area contributed by atoms with E-state index in [-0.39, 0.29) is 5.41 Å². The van der Waals surface area contributed by atoms with Crippen molar-refractivity contribution in [1.29, 1.82) is 0 Å². The molecular formula is C16H24N2O3S. The van der Waals surface area contributed by atoms with Gasteiger partial charge in [-0.1, -0.05) is 30.3 Å². The predicted molar refractivity (Wildman–Crippen MR) is 86.2 cm³/mol. The lowest BCUT2D eigenvalue weighted by Crippen LogP contribution is -2.42. The molecule has 2 atom stereocenters. The smallest absolute Gasteiger partial charge is 0.208 e. The van der Waals surface area contributed by atoms with Crippen molar-refractivity contribution in [3.05, 3.63) is 35.9 Å². The normalized spacial score (nSPS) is 28.9. The molecule has 0 unspecified atom stereocenters. The molecule has 1 aromatic rings. The maximum Gasteiger partial charge on any atom is 0.208 e. The van der Waals surface area contributed by atoms with Crippen LogP contribution in [0.5, 0.6) is 0 Å². The van der Waals surface area contributed by atoms with E-state index in [1.165, 1.54) is 11.8 Å². The molecule has 2 aliphatic heterocycles. The number of benzene rings is 1. The second-order valence-electron chi connectivity index (χ2n) is 6.64. The van der Waals surface area contributed by atoms with Gasteiger partial charge in [0.2, 0.25) is 10.0 Å². The fourth-order valence-electron chi connectivity index (χ4n) is 3.57. The minimum atomic E-state index is -3.15. The van der Waals surface area contributed by atoms with Crippen LogP contribution in [-0.4, -0.2) is 59.0 Å². The highest BCUT2D eigenvalue weighted by Crippen LogP contribution is 2.40. The number of fused-ring (bicyclic) bond motifs is 1. The Labute approximate surface area is 132 Å². The third-order valence-electron chi connectivity index (χ3n) is 4.84. The van der Waals surface area contributed by atoms with E-state index in [0.29, 0.717) is 19.1 Å². The number of hydrogen-bond acceptors (Lipinski definition) is 4. The predicted octanol–water partition coefficient (Wildman–Crippen LogP) is 0.727. The number of rotatable bonds is 6. The summed E-state index contributed by atoms with van der Waals surface area (Å²) in [5, 5.41) is 0. The van der Waals surface area contributed by atoms with Crippen LogP contribution in [0.1, 0.15) is 5.56 Å². The first-order valence-corrected chi connectivity index (χ1v) is 9.65. The van der Waals surface area contributed by atoms with E-state index in [0.717, 1.165) is 32.7 Å². The molecule has 122 valence electrons. The molecule has 2 saturated heterocycles. The van der Waals surface area contributed by atoms with E-state index in [1.54, 1.807) is 0 Å². The largest absolute Gasteiger partial charge is 0.380 e. The van der Waals surface area contributed by atoms with Crippen LogP contribution in [0.2, 0.25) is 0 Å². The molecule has 0 aliphatic carbocycles. The Hall–Kier alpha value is -0.950. The summed E-state index contributed by atoms with van der Waals surface area (Å²) in [6.07, 6.45) is 2.25. The minimum absolute atomic E-state index is 0.0558. The molecule has 3 rings (SSSR count). The molecule has 0 radical (unpaired) electrons. The van der Waals surface area contributed by atoms with Gasteiger partial charge in [0.25, 0.3) is 0 Å². The van der Waals surface area contributed by atoms with Crippen LogP contribution >= 0.6 is 0 Å². The van der Waals surface area contributed by atoms with Gasteiger partial charge in [0.1, 0.15) is 0 Å². The van der Waals surface area contributed by atoms with E-state index >= 15 is 0 Å². The van der Waals surface area contributed by atoms with Crippen LogP contribution in [-0.2, 0) is 21.2 Å². The van der Waals surface area contributed by atoms with E-state index < -0.39 is 10.0 Å². The van der Waals surface area contributed by atoms with Crippen LogP contribution in [0.3, 0.4) is 0 Å². The van der Waals surface area contributed by atoms with Gasteiger partial charge in [0.05, 0.1) is 19.5 Å². The zero-order valence-corrected chi connectivity index (χ0v) is 13.8. The monoisotopic (exact) mass is 324 g/mol. The number of ether oxygens (including phenoxy) is 1. The number of nitrogens with one attached hydrogen (secondary N) is 1. The van der Waals surface area contributed by atoms with Crippen molar-refractivity contribution in [2.45, 2.75) is 6.42 Å². The van der Waals surface area contributed by atoms with Gasteiger partial charge in [-0.2, -0.15) is 0 Å². The average Bonchev–Trinajstić information content (AvgIpc) is 3.00. The summed E-state index contributed by atoms with van der Waals surface area (Å²) < 4.78 is 31.1. The van der Waals surface area contributed by atoms with Crippen molar-refractivity contribution < 1.29 is 13.2 Å². The Balaban J connectivity index is 1.59. The molecule has 5 nitrogen and oxygen atoms in total. The lowest BCUT2D eigenvalue weighted by atomic mass is 9.81. The average molecular weight is 324 g/mol. The van der Waals surface area contributed by atoms with Crippen molar-refractivity contribution in [2.24, 2.45) is 11.3 Å². The first-order chi connectivity index (χ1) is 10.5. The van der Waals surface area contributed by atoms with E-state index in [2.05, 4.69) is 33.9 Å². The molecule has 2 aliphatic rings. The van der Waals surface area contributed by atoms with Gasteiger partial charge in [-0.25, -0.2) is 13.1 Å². The van der Waals surface area contributed by atoms with Crippen LogP contribution < -0.4 is 4.72 Å². The molecule has 6 heteroatoms. The lowest BCUT2D eigenvalue weighted by molar-refractivity contribution is 0.130. The van der Waals surface area contributed by atoms with Gasteiger partial charge in [-0.05, 0) is 12.0 Å². The zero-order chi connectivity index (χ0) is 15.6. The van der Waals surface area contributed by atoms with Gasteiger partial charge in [0, 0.05) is 37.5 Å². The van der Waals surface area contributed by atoms with Crippen LogP contribution in [0.25, 0.3) is 0 Å². The van der Waals surface area contributed by atoms with Crippen LogP contribution in [0.4, 0.5) is 0 Å². The molecule has 0 aromatic heterocycles. The Morgan fingerprint density at radius 3 is 2.86 bits per heavy atom. The number of sulfonamides is 1. The molecule has 0 amide bonds. The summed E-state index contributed by atoms with van der Waals surface area (Å²) in [6, 6.07) is 10.5. The summed E-state index contributed by atoms with van der Waals surface area (Å²) in [5.74, 6) is 0.428. The third-order valence-corrected chi connectivity index (χ3v) is 5.51. The Bertz CT molecular complexity index is 605. The topological polar surface area (TPSA) is 58.6 Å². The summed E-state index contributed by atoms with van der Waals surface area (Å²) in [4.78, 5) is 2.45. The molecule has 0 saturated carbocycles. The minimum Gasteiger partial charge on any atom is -0.380 e. The van der Waals surface area contributed by atoms with E-state index in [1.807, 2.05) is 6.07 Å². The SMILES string of the molecule is CS(=O)(=O)NC[C@@]12COC[C@@H]1CN(CCc1ccccc1)C2. The number of hydrogen-bond donors (Lipinski definition) is 1. The maximum absolute atomic E-state index is 11.4. The Morgan fingerprint density at radius 1 is 1.36 bits per heavy atom. The highest BCUT2D eigenvalue weighted by molar-refractivity contribution is 7.88. The molecule has 1 aromatic carbocycles. The zero-order valence-electron chi connectivity index (χ0n) is 13.0. The second kappa shape index (κ2) is 6.28. The third kappa shape index (κ3) is 3.68. The molecule has 0 spiro atoms. The number of nitrogens with zero attached hydrogens (tertiary/aromatic N) is 1. The maximum atomic E-state index is 11.4. The summed E-state index contributed by atoms with van der Waals surface area (Å²) >= 11 is 0. The highest BCUT2D eigenvalue weighted by atomic mass is 32.2. The summed E-state index contributed by atoms with van der Waals surface area (Å²) in [7, 11) is -3.15. The van der Waals surface area contributed by atoms with Gasteiger partial charge in [0.15, 0.2) is 0 Å². The highest BCUT2D eigenvalue weighted by Gasteiger charge is 2.50. The fourth-order valence-corrected chi connectivity index (χ4v) is 4.12. The second-order valence-corrected chi connectivity index (χ2v) is 8.47. The van der Waals surface area contributed by atoms with Gasteiger partial charge in [-0.3, -0.25) is 0 Å². The van der Waals surface area contributed by atoms with Gasteiger partial charge < -0.3 is 9.64 Å². The molecule has 0 bridgehead atoms. The molecule has 22 heavy (non-hydrogen) atoms. The van der Waals surface area contributed by atoms with Gasteiger partial charge >= 0.3 is 0 Å². The van der Waals surface area contributed by atoms with Gasteiger partial charge in [-0.15, -0.1) is 0 Å². The van der Waals surface area contributed by atoms with Crippen molar-refractivity contribution in [1.82, 2.24) is 9.62 Å². The lowest BCUT2D eigenvalue weighted by Gasteiger charge is -2.27. The van der Waals surface area contributed by atoms with Crippen molar-refractivity contribution >= 4 is 10.0 Å². The van der Waals surface area contributed by atoms with Crippen LogP contribution in [0, 0.1) is 11.3 Å². The van der Waals surface area contributed by atoms with E-state index in [4.69, 9.17) is 4.74 Å². The number of likely N-dealkylation sites (tertiary alicyclic amines) is 1. The fraction of sp³-hybridized carbons (Fsp3) is 0.625.